The largest absolute Gasteiger partial charge is 0.390 e. The van der Waals surface area contributed by atoms with Gasteiger partial charge in [-0.1, -0.05) is 12.1 Å². The molecule has 0 spiro atoms. The Kier molecular flexibility index (Phi) is 3.93. The van der Waals surface area contributed by atoms with Crippen LogP contribution in [0.25, 0.3) is 10.9 Å². The first-order valence-electron chi connectivity index (χ1n) is 8.85. The smallest absolute Gasteiger partial charge is 0.140 e. The normalized spacial score (nSPS) is 30.9. The number of aliphatic hydroxyl groups is 1. The van der Waals surface area contributed by atoms with Gasteiger partial charge in [-0.25, -0.2) is 9.97 Å². The van der Waals surface area contributed by atoms with Crippen LogP contribution in [0.4, 0.5) is 5.82 Å². The van der Waals surface area contributed by atoms with Gasteiger partial charge in [-0.15, -0.1) is 0 Å². The summed E-state index contributed by atoms with van der Waals surface area (Å²) in [6, 6.07) is 6.45. The Bertz CT molecular complexity index is 741. The van der Waals surface area contributed by atoms with E-state index in [0.29, 0.717) is 19.6 Å². The fraction of sp³-hybridized carbons (Fsp3) is 0.579. The van der Waals surface area contributed by atoms with Crippen molar-refractivity contribution in [3.63, 3.8) is 0 Å². The topological polar surface area (TPSA) is 58.5 Å². The maximum atomic E-state index is 10.9. The average Bonchev–Trinajstić information content (AvgIpc) is 3.03. The highest BCUT2D eigenvalue weighted by Crippen LogP contribution is 2.39. The molecule has 5 heteroatoms. The molecule has 2 fully saturated rings. The average molecular weight is 327 g/mol. The summed E-state index contributed by atoms with van der Waals surface area (Å²) in [7, 11) is 0. The lowest BCUT2D eigenvalue weighted by atomic mass is 9.79. The van der Waals surface area contributed by atoms with Gasteiger partial charge in [0, 0.05) is 30.5 Å². The molecule has 1 aromatic heterocycles. The minimum absolute atomic E-state index is 0.114. The summed E-state index contributed by atoms with van der Waals surface area (Å²) in [5.74, 6) is 1.12. The number of benzene rings is 1. The Hall–Kier alpha value is -1.72. The van der Waals surface area contributed by atoms with E-state index in [-0.39, 0.29) is 12.0 Å². The molecule has 0 bridgehead atoms. The summed E-state index contributed by atoms with van der Waals surface area (Å²) in [5, 5.41) is 12.0. The summed E-state index contributed by atoms with van der Waals surface area (Å²) in [5.41, 5.74) is 1.50. The highest BCUT2D eigenvalue weighted by Gasteiger charge is 2.44. The van der Waals surface area contributed by atoms with Crippen LogP contribution in [0.1, 0.15) is 31.7 Å². The number of fused-ring (bicyclic) bond motifs is 1. The van der Waals surface area contributed by atoms with Crippen molar-refractivity contribution in [2.75, 3.05) is 24.7 Å². The van der Waals surface area contributed by atoms with Gasteiger partial charge in [-0.3, -0.25) is 0 Å². The minimum Gasteiger partial charge on any atom is -0.390 e. The van der Waals surface area contributed by atoms with E-state index in [0.717, 1.165) is 36.1 Å². The molecule has 0 saturated carbocycles. The lowest BCUT2D eigenvalue weighted by Gasteiger charge is -2.43. The number of aryl methyl sites for hydroxylation is 1. The van der Waals surface area contributed by atoms with Crippen LogP contribution >= 0.6 is 0 Å². The van der Waals surface area contributed by atoms with Crippen molar-refractivity contribution >= 4 is 16.7 Å². The van der Waals surface area contributed by atoms with Crippen LogP contribution in [0.15, 0.2) is 24.5 Å². The summed E-state index contributed by atoms with van der Waals surface area (Å²) in [6.45, 7) is 6.31. The van der Waals surface area contributed by atoms with E-state index in [1.807, 2.05) is 19.1 Å². The van der Waals surface area contributed by atoms with Crippen molar-refractivity contribution in [2.45, 2.75) is 44.8 Å². The first-order valence-corrected chi connectivity index (χ1v) is 8.85. The standard InChI is InChI=1S/C19H25N3O2/c1-13-5-3-6-15-17(13)18(21-12-20-15)22-9-4-7-16(22)14-11-24-10-8-19(14,2)23/h3,5-6,12,14,16,23H,4,7-11H2,1-2H3/t14-,16-,19+/m1/s1. The second-order valence-electron chi connectivity index (χ2n) is 7.36. The van der Waals surface area contributed by atoms with Crippen LogP contribution in [0, 0.1) is 12.8 Å². The molecule has 1 aromatic carbocycles. The molecule has 2 saturated heterocycles. The van der Waals surface area contributed by atoms with Gasteiger partial charge in [0.05, 0.1) is 17.7 Å². The van der Waals surface area contributed by atoms with Crippen LogP contribution in [0.3, 0.4) is 0 Å². The summed E-state index contributed by atoms with van der Waals surface area (Å²) >= 11 is 0. The van der Waals surface area contributed by atoms with Crippen LogP contribution in [0.2, 0.25) is 0 Å². The molecule has 4 rings (SSSR count). The molecule has 3 heterocycles. The molecule has 128 valence electrons. The second kappa shape index (κ2) is 5.97. The van der Waals surface area contributed by atoms with Crippen LogP contribution < -0.4 is 4.90 Å². The van der Waals surface area contributed by atoms with Crippen LogP contribution in [-0.2, 0) is 4.74 Å². The van der Waals surface area contributed by atoms with Gasteiger partial charge < -0.3 is 14.7 Å². The monoisotopic (exact) mass is 327 g/mol. The van der Waals surface area contributed by atoms with Crippen molar-refractivity contribution < 1.29 is 9.84 Å². The van der Waals surface area contributed by atoms with Gasteiger partial charge in [0.1, 0.15) is 12.1 Å². The number of aromatic nitrogens is 2. The molecule has 2 aliphatic rings. The van der Waals surface area contributed by atoms with Crippen LogP contribution in [-0.4, -0.2) is 46.5 Å². The molecular weight excluding hydrogens is 302 g/mol. The number of anilines is 1. The molecular formula is C19H25N3O2. The van der Waals surface area contributed by atoms with Crippen molar-refractivity contribution in [2.24, 2.45) is 5.92 Å². The minimum atomic E-state index is -0.677. The SMILES string of the molecule is Cc1cccc2ncnc(N3CCC[C@@H]3[C@H]3COCC[C@]3(C)O)c12. The van der Waals surface area contributed by atoms with Gasteiger partial charge in [-0.2, -0.15) is 0 Å². The van der Waals surface area contributed by atoms with Crippen molar-refractivity contribution in [1.82, 2.24) is 9.97 Å². The lowest BCUT2D eigenvalue weighted by Crippen LogP contribution is -2.52. The summed E-state index contributed by atoms with van der Waals surface area (Å²) in [6.07, 6.45) is 4.55. The third kappa shape index (κ3) is 2.56. The zero-order chi connectivity index (χ0) is 16.7. The molecule has 1 N–H and O–H groups in total. The predicted octanol–water partition coefficient (Wildman–Crippen LogP) is 2.69. The van der Waals surface area contributed by atoms with E-state index in [4.69, 9.17) is 4.74 Å². The van der Waals surface area contributed by atoms with Gasteiger partial charge in [-0.05, 0) is 44.7 Å². The van der Waals surface area contributed by atoms with Gasteiger partial charge in [0.15, 0.2) is 0 Å². The van der Waals surface area contributed by atoms with E-state index in [1.54, 1.807) is 6.33 Å². The third-order valence-corrected chi connectivity index (χ3v) is 5.74. The molecule has 2 aliphatic heterocycles. The number of ether oxygens (including phenoxy) is 1. The Morgan fingerprint density at radius 1 is 1.33 bits per heavy atom. The van der Waals surface area contributed by atoms with Crippen LogP contribution in [0.5, 0.6) is 0 Å². The molecule has 0 radical (unpaired) electrons. The van der Waals surface area contributed by atoms with E-state index in [2.05, 4.69) is 27.9 Å². The molecule has 5 nitrogen and oxygen atoms in total. The predicted molar refractivity (Wildman–Crippen MR) is 94.2 cm³/mol. The lowest BCUT2D eigenvalue weighted by molar-refractivity contribution is -0.108. The molecule has 0 unspecified atom stereocenters. The number of nitrogens with zero attached hydrogens (tertiary/aromatic N) is 3. The highest BCUT2D eigenvalue weighted by atomic mass is 16.5. The first kappa shape index (κ1) is 15.8. The summed E-state index contributed by atoms with van der Waals surface area (Å²) < 4.78 is 5.71. The van der Waals surface area contributed by atoms with E-state index in [9.17, 15) is 5.11 Å². The molecule has 0 amide bonds. The van der Waals surface area contributed by atoms with E-state index < -0.39 is 5.60 Å². The fourth-order valence-electron chi connectivity index (χ4n) is 4.33. The van der Waals surface area contributed by atoms with Gasteiger partial charge >= 0.3 is 0 Å². The second-order valence-corrected chi connectivity index (χ2v) is 7.36. The Morgan fingerprint density at radius 3 is 3.04 bits per heavy atom. The molecule has 24 heavy (non-hydrogen) atoms. The maximum absolute atomic E-state index is 10.9. The first-order chi connectivity index (χ1) is 11.6. The fourth-order valence-corrected chi connectivity index (χ4v) is 4.33. The van der Waals surface area contributed by atoms with Crippen molar-refractivity contribution in [3.8, 4) is 0 Å². The van der Waals surface area contributed by atoms with Crippen molar-refractivity contribution in [3.05, 3.63) is 30.1 Å². The maximum Gasteiger partial charge on any atom is 0.140 e. The molecule has 0 aliphatic carbocycles. The molecule has 3 atom stereocenters. The zero-order valence-corrected chi connectivity index (χ0v) is 14.4. The Balaban J connectivity index is 1.76. The van der Waals surface area contributed by atoms with Crippen molar-refractivity contribution in [1.29, 1.82) is 0 Å². The van der Waals surface area contributed by atoms with E-state index in [1.165, 1.54) is 5.56 Å². The number of hydrogen-bond acceptors (Lipinski definition) is 5. The van der Waals surface area contributed by atoms with E-state index >= 15 is 0 Å². The zero-order valence-electron chi connectivity index (χ0n) is 14.4. The Labute approximate surface area is 142 Å². The number of rotatable bonds is 2. The quantitative estimate of drug-likeness (QED) is 0.919. The molecule has 2 aromatic rings. The number of hydrogen-bond donors (Lipinski definition) is 1. The summed E-state index contributed by atoms with van der Waals surface area (Å²) in [4.78, 5) is 11.4. The third-order valence-electron chi connectivity index (χ3n) is 5.74. The van der Waals surface area contributed by atoms with Gasteiger partial charge in [0.2, 0.25) is 0 Å². The highest BCUT2D eigenvalue weighted by molar-refractivity contribution is 5.92. The van der Waals surface area contributed by atoms with Gasteiger partial charge in [0.25, 0.3) is 0 Å². The Morgan fingerprint density at radius 2 is 2.21 bits per heavy atom.